The van der Waals surface area contributed by atoms with E-state index < -0.39 is 49.8 Å². The summed E-state index contributed by atoms with van der Waals surface area (Å²) in [4.78, 5) is 22.6. The molecule has 194 valence electrons. The van der Waals surface area contributed by atoms with Gasteiger partial charge in [0.2, 0.25) is 0 Å². The number of non-ortho nitro benzene ring substituents is 1. The third-order valence-electron chi connectivity index (χ3n) is 4.75. The number of hydrogen-bond acceptors (Lipinski definition) is 6. The molecule has 0 atom stereocenters. The lowest BCUT2D eigenvalue weighted by Crippen LogP contribution is -2.39. The molecule has 37 heavy (non-hydrogen) atoms. The summed E-state index contributed by atoms with van der Waals surface area (Å²) in [6.07, 6.45) is -3.90. The van der Waals surface area contributed by atoms with E-state index in [0.717, 1.165) is 30.5 Å². The zero-order valence-electron chi connectivity index (χ0n) is 18.3. The predicted octanol–water partition coefficient (Wildman–Crippen LogP) is 5.27. The fraction of sp³-hybridized carbons (Fsp3) is 0.0909. The third-order valence-corrected chi connectivity index (χ3v) is 7.21. The molecular weight excluding hydrogens is 560 g/mol. The molecule has 1 N–H and O–H groups in total. The van der Waals surface area contributed by atoms with Gasteiger partial charge < -0.3 is 0 Å². The van der Waals surface area contributed by atoms with Crippen LogP contribution in [0.1, 0.15) is 11.1 Å². The first kappa shape index (κ1) is 27.9. The minimum absolute atomic E-state index is 0.0810. The molecule has 3 aromatic carbocycles. The molecule has 0 aliphatic carbocycles. The highest BCUT2D eigenvalue weighted by Crippen LogP contribution is 2.38. The molecule has 0 unspecified atom stereocenters. The van der Waals surface area contributed by atoms with Crippen LogP contribution in [-0.4, -0.2) is 32.0 Å². The summed E-state index contributed by atoms with van der Waals surface area (Å²) >= 11 is 11.6. The van der Waals surface area contributed by atoms with Crippen molar-refractivity contribution in [3.63, 3.8) is 0 Å². The number of halogens is 5. The van der Waals surface area contributed by atoms with Gasteiger partial charge in [0.05, 0.1) is 32.3 Å². The van der Waals surface area contributed by atoms with Crippen molar-refractivity contribution in [2.45, 2.75) is 11.1 Å². The Kier molecular flexibility index (Phi) is 8.41. The first-order valence-corrected chi connectivity index (χ1v) is 12.2. The van der Waals surface area contributed by atoms with E-state index in [1.807, 2.05) is 5.43 Å². The van der Waals surface area contributed by atoms with E-state index in [1.54, 1.807) is 0 Å². The topological polar surface area (TPSA) is 122 Å². The van der Waals surface area contributed by atoms with Gasteiger partial charge in [-0.1, -0.05) is 41.4 Å². The zero-order chi connectivity index (χ0) is 27.4. The molecule has 3 rings (SSSR count). The van der Waals surface area contributed by atoms with Crippen molar-refractivity contribution in [1.82, 2.24) is 5.43 Å². The van der Waals surface area contributed by atoms with E-state index in [1.165, 1.54) is 36.4 Å². The van der Waals surface area contributed by atoms with Gasteiger partial charge in [0.15, 0.2) is 0 Å². The Labute approximate surface area is 218 Å². The fourth-order valence-electron chi connectivity index (χ4n) is 3.00. The molecule has 0 heterocycles. The summed E-state index contributed by atoms with van der Waals surface area (Å²) in [5, 5.41) is 14.0. The Hall–Kier alpha value is -3.68. The Morgan fingerprint density at radius 1 is 1.05 bits per heavy atom. The number of rotatable bonds is 8. The van der Waals surface area contributed by atoms with Gasteiger partial charge in [-0.2, -0.15) is 18.3 Å². The average Bonchev–Trinajstić information content (AvgIpc) is 2.83. The number of carbonyl (C=O) groups excluding carboxylic acids is 1. The lowest BCUT2D eigenvalue weighted by atomic mass is 10.2. The van der Waals surface area contributed by atoms with Crippen LogP contribution in [0.2, 0.25) is 10.0 Å². The van der Waals surface area contributed by atoms with Crippen LogP contribution in [0.15, 0.2) is 76.7 Å². The highest BCUT2D eigenvalue weighted by molar-refractivity contribution is 7.92. The number of carbonyl (C=O) groups is 1. The zero-order valence-corrected chi connectivity index (χ0v) is 20.6. The number of nitro groups is 1. The molecule has 0 saturated heterocycles. The minimum Gasteiger partial charge on any atom is -0.271 e. The van der Waals surface area contributed by atoms with Gasteiger partial charge >= 0.3 is 6.18 Å². The van der Waals surface area contributed by atoms with Gasteiger partial charge in [0, 0.05) is 22.7 Å². The van der Waals surface area contributed by atoms with Gasteiger partial charge in [-0.15, -0.1) is 0 Å². The van der Waals surface area contributed by atoms with Crippen molar-refractivity contribution in [2.75, 3.05) is 10.8 Å². The minimum atomic E-state index is -4.89. The van der Waals surface area contributed by atoms with Crippen LogP contribution in [-0.2, 0) is 21.0 Å². The van der Waals surface area contributed by atoms with Crippen LogP contribution in [0, 0.1) is 10.1 Å². The summed E-state index contributed by atoms with van der Waals surface area (Å²) < 4.78 is 67.2. The molecule has 0 aliphatic heterocycles. The molecule has 0 aliphatic rings. The predicted molar refractivity (Wildman–Crippen MR) is 131 cm³/mol. The lowest BCUT2D eigenvalue weighted by molar-refractivity contribution is -0.384. The second-order valence-electron chi connectivity index (χ2n) is 7.24. The second-order valence-corrected chi connectivity index (χ2v) is 9.92. The Balaban J connectivity index is 1.93. The first-order valence-electron chi connectivity index (χ1n) is 10.0. The van der Waals surface area contributed by atoms with E-state index in [9.17, 15) is 36.5 Å². The van der Waals surface area contributed by atoms with Crippen molar-refractivity contribution >= 4 is 56.7 Å². The molecule has 0 radical (unpaired) electrons. The summed E-state index contributed by atoms with van der Waals surface area (Å²) in [7, 11) is -4.51. The maximum Gasteiger partial charge on any atom is 0.417 e. The van der Waals surface area contributed by atoms with Crippen molar-refractivity contribution in [3.8, 4) is 0 Å². The number of amides is 1. The molecule has 1 amide bonds. The Morgan fingerprint density at radius 3 is 2.32 bits per heavy atom. The van der Waals surface area contributed by atoms with Crippen molar-refractivity contribution in [1.29, 1.82) is 0 Å². The summed E-state index contributed by atoms with van der Waals surface area (Å²) in [5.41, 5.74) is 0.0607. The van der Waals surface area contributed by atoms with Gasteiger partial charge in [-0.05, 0) is 36.4 Å². The van der Waals surface area contributed by atoms with Gasteiger partial charge in [0.25, 0.3) is 21.6 Å². The largest absolute Gasteiger partial charge is 0.417 e. The Bertz CT molecular complexity index is 1470. The van der Waals surface area contributed by atoms with E-state index in [0.29, 0.717) is 10.4 Å². The van der Waals surface area contributed by atoms with Crippen molar-refractivity contribution in [2.24, 2.45) is 5.10 Å². The highest BCUT2D eigenvalue weighted by Gasteiger charge is 2.35. The van der Waals surface area contributed by atoms with E-state index >= 15 is 0 Å². The van der Waals surface area contributed by atoms with Gasteiger partial charge in [-0.3, -0.25) is 19.2 Å². The molecular formula is C22H15Cl2F3N4O5S. The van der Waals surface area contributed by atoms with Crippen LogP contribution < -0.4 is 9.73 Å². The van der Waals surface area contributed by atoms with Gasteiger partial charge in [-0.25, -0.2) is 13.8 Å². The number of benzene rings is 3. The fourth-order valence-corrected chi connectivity index (χ4v) is 4.83. The van der Waals surface area contributed by atoms with Crippen LogP contribution >= 0.6 is 23.2 Å². The standard InChI is InChI=1S/C22H15Cl2F3N4O5S/c23-19-8-7-16(31(33)34)10-14(19)12-28-29-21(32)13-30(37(35,36)17-4-2-1-3-5-17)15-6-9-20(24)18(11-15)22(25,26)27/h1-12H,13H2,(H,29,32)/b28-12+. The molecule has 0 saturated carbocycles. The monoisotopic (exact) mass is 574 g/mol. The van der Waals surface area contributed by atoms with E-state index in [2.05, 4.69) is 5.10 Å². The lowest BCUT2D eigenvalue weighted by Gasteiger charge is -2.24. The second kappa shape index (κ2) is 11.2. The number of hydrazone groups is 1. The molecule has 9 nitrogen and oxygen atoms in total. The molecule has 0 spiro atoms. The summed E-state index contributed by atoms with van der Waals surface area (Å²) in [5.74, 6) is -1.03. The van der Waals surface area contributed by atoms with E-state index in [-0.39, 0.29) is 21.2 Å². The van der Waals surface area contributed by atoms with Crippen molar-refractivity contribution in [3.05, 3.63) is 98.0 Å². The molecule has 0 bridgehead atoms. The summed E-state index contributed by atoms with van der Waals surface area (Å²) in [6, 6.07) is 12.7. The number of nitro benzene ring substituents is 1. The maximum absolute atomic E-state index is 13.4. The highest BCUT2D eigenvalue weighted by atomic mass is 35.5. The third kappa shape index (κ3) is 6.76. The van der Waals surface area contributed by atoms with Crippen LogP contribution in [0.5, 0.6) is 0 Å². The number of anilines is 1. The van der Waals surface area contributed by atoms with Gasteiger partial charge in [0.1, 0.15) is 6.54 Å². The quantitative estimate of drug-likeness (QED) is 0.223. The number of sulfonamides is 1. The van der Waals surface area contributed by atoms with Crippen LogP contribution in [0.3, 0.4) is 0 Å². The molecule has 0 aromatic heterocycles. The Morgan fingerprint density at radius 2 is 1.70 bits per heavy atom. The SMILES string of the molecule is O=C(CN(c1ccc(Cl)c(C(F)(F)F)c1)S(=O)(=O)c1ccccc1)N/N=C/c1cc([N+](=O)[O-])ccc1Cl. The van der Waals surface area contributed by atoms with Crippen LogP contribution in [0.25, 0.3) is 0 Å². The molecule has 0 fully saturated rings. The molecule has 3 aromatic rings. The van der Waals surface area contributed by atoms with E-state index in [4.69, 9.17) is 23.2 Å². The normalized spacial score (nSPS) is 11.9. The van der Waals surface area contributed by atoms with Crippen LogP contribution in [0.4, 0.5) is 24.5 Å². The molecule has 15 heteroatoms. The number of nitrogens with one attached hydrogen (secondary N) is 1. The summed E-state index contributed by atoms with van der Waals surface area (Å²) in [6.45, 7) is -0.962. The maximum atomic E-state index is 13.4. The number of alkyl halides is 3. The number of nitrogens with zero attached hydrogens (tertiary/aromatic N) is 3. The van der Waals surface area contributed by atoms with Crippen molar-refractivity contribution < 1.29 is 31.3 Å². The number of hydrogen-bond donors (Lipinski definition) is 1. The average molecular weight is 575 g/mol. The first-order chi connectivity index (χ1) is 17.3. The smallest absolute Gasteiger partial charge is 0.271 e.